The van der Waals surface area contributed by atoms with Crippen molar-refractivity contribution in [3.8, 4) is 23.0 Å². The standard InChI is InChI=1S/C20H24N2O6/c1-25-17-9-14(10-18(26-2)19(17)27-3)22-20(24)21-11-15(23)12-4-5-16-13(8-12)6-7-28-16/h4-5,8-10,15,23H,6-7,11H2,1-3H3,(H2,21,22,24). The molecule has 1 aliphatic rings. The monoisotopic (exact) mass is 388 g/mol. The van der Waals surface area contributed by atoms with Gasteiger partial charge in [0.25, 0.3) is 0 Å². The van der Waals surface area contributed by atoms with Crippen LogP contribution in [0.1, 0.15) is 17.2 Å². The summed E-state index contributed by atoms with van der Waals surface area (Å²) in [6, 6.07) is 8.34. The molecule has 28 heavy (non-hydrogen) atoms. The number of hydrogen-bond acceptors (Lipinski definition) is 6. The molecule has 2 aromatic carbocycles. The van der Waals surface area contributed by atoms with Crippen molar-refractivity contribution in [1.82, 2.24) is 5.32 Å². The highest BCUT2D eigenvalue weighted by molar-refractivity contribution is 5.90. The molecule has 3 rings (SSSR count). The van der Waals surface area contributed by atoms with E-state index in [2.05, 4.69) is 10.6 Å². The molecule has 0 spiro atoms. The molecule has 1 unspecified atom stereocenters. The third-order valence-corrected chi connectivity index (χ3v) is 4.48. The van der Waals surface area contributed by atoms with Crippen molar-refractivity contribution in [2.24, 2.45) is 0 Å². The van der Waals surface area contributed by atoms with Gasteiger partial charge in [0.15, 0.2) is 11.5 Å². The molecule has 0 saturated heterocycles. The van der Waals surface area contributed by atoms with Gasteiger partial charge in [-0.3, -0.25) is 0 Å². The first-order valence-corrected chi connectivity index (χ1v) is 8.84. The van der Waals surface area contributed by atoms with Gasteiger partial charge >= 0.3 is 6.03 Å². The minimum Gasteiger partial charge on any atom is -0.493 e. The summed E-state index contributed by atoms with van der Waals surface area (Å²) in [6.45, 7) is 0.722. The lowest BCUT2D eigenvalue weighted by atomic mass is 10.0. The normalized spacial score (nSPS) is 13.1. The van der Waals surface area contributed by atoms with Crippen LogP contribution in [-0.2, 0) is 6.42 Å². The molecular weight excluding hydrogens is 364 g/mol. The van der Waals surface area contributed by atoms with E-state index in [1.807, 2.05) is 12.1 Å². The predicted molar refractivity (Wildman–Crippen MR) is 104 cm³/mol. The van der Waals surface area contributed by atoms with Gasteiger partial charge in [-0.1, -0.05) is 6.07 Å². The van der Waals surface area contributed by atoms with E-state index in [-0.39, 0.29) is 6.54 Å². The van der Waals surface area contributed by atoms with Crippen LogP contribution in [0.25, 0.3) is 0 Å². The number of amides is 2. The fourth-order valence-electron chi connectivity index (χ4n) is 3.05. The highest BCUT2D eigenvalue weighted by atomic mass is 16.5. The molecule has 0 fully saturated rings. The van der Waals surface area contributed by atoms with E-state index in [0.29, 0.717) is 29.5 Å². The van der Waals surface area contributed by atoms with Gasteiger partial charge in [0.2, 0.25) is 5.75 Å². The number of carbonyl (C=O) groups excluding carboxylic acids is 1. The summed E-state index contributed by atoms with van der Waals surface area (Å²) in [5.41, 5.74) is 2.27. The van der Waals surface area contributed by atoms with E-state index >= 15 is 0 Å². The Morgan fingerprint density at radius 3 is 2.50 bits per heavy atom. The number of carbonyl (C=O) groups is 1. The SMILES string of the molecule is COc1cc(NC(=O)NCC(O)c2ccc3c(c2)CCO3)cc(OC)c1OC. The molecule has 1 aliphatic heterocycles. The molecule has 8 heteroatoms. The van der Waals surface area contributed by atoms with Crippen LogP contribution in [0, 0.1) is 0 Å². The molecule has 0 aliphatic carbocycles. The molecule has 1 atom stereocenters. The van der Waals surface area contributed by atoms with Gasteiger partial charge in [0.1, 0.15) is 5.75 Å². The molecule has 0 radical (unpaired) electrons. The van der Waals surface area contributed by atoms with E-state index in [4.69, 9.17) is 18.9 Å². The van der Waals surface area contributed by atoms with Gasteiger partial charge in [-0.05, 0) is 23.3 Å². The zero-order valence-corrected chi connectivity index (χ0v) is 16.1. The van der Waals surface area contributed by atoms with Gasteiger partial charge in [-0.25, -0.2) is 4.79 Å². The van der Waals surface area contributed by atoms with E-state index in [1.165, 1.54) is 21.3 Å². The molecule has 8 nitrogen and oxygen atoms in total. The number of ether oxygens (including phenoxy) is 4. The zero-order valence-electron chi connectivity index (χ0n) is 16.1. The van der Waals surface area contributed by atoms with Gasteiger partial charge in [0.05, 0.1) is 39.7 Å². The summed E-state index contributed by atoms with van der Waals surface area (Å²) < 4.78 is 21.3. The van der Waals surface area contributed by atoms with Crippen LogP contribution in [0.5, 0.6) is 23.0 Å². The Balaban J connectivity index is 1.61. The Hall–Kier alpha value is -3.13. The summed E-state index contributed by atoms with van der Waals surface area (Å²) in [4.78, 5) is 12.2. The summed E-state index contributed by atoms with van der Waals surface area (Å²) in [6.07, 6.45) is 0.00175. The number of rotatable bonds is 7. The number of aliphatic hydroxyl groups excluding tert-OH is 1. The van der Waals surface area contributed by atoms with Crippen LogP contribution in [-0.4, -0.2) is 45.6 Å². The molecule has 0 aromatic heterocycles. The largest absolute Gasteiger partial charge is 0.493 e. The molecule has 0 saturated carbocycles. The minimum atomic E-state index is -0.823. The van der Waals surface area contributed by atoms with E-state index in [9.17, 15) is 9.90 Å². The highest BCUT2D eigenvalue weighted by Crippen LogP contribution is 2.39. The second-order valence-electron chi connectivity index (χ2n) is 6.23. The Morgan fingerprint density at radius 1 is 1.14 bits per heavy atom. The third-order valence-electron chi connectivity index (χ3n) is 4.48. The minimum absolute atomic E-state index is 0.0654. The van der Waals surface area contributed by atoms with Crippen molar-refractivity contribution in [2.45, 2.75) is 12.5 Å². The van der Waals surface area contributed by atoms with Crippen molar-refractivity contribution in [2.75, 3.05) is 39.8 Å². The van der Waals surface area contributed by atoms with E-state index in [1.54, 1.807) is 18.2 Å². The number of nitrogens with one attached hydrogen (secondary N) is 2. The number of urea groups is 1. The average molecular weight is 388 g/mol. The number of hydrogen-bond donors (Lipinski definition) is 3. The van der Waals surface area contributed by atoms with Crippen LogP contribution in [0.2, 0.25) is 0 Å². The van der Waals surface area contributed by atoms with Gasteiger partial charge in [-0.2, -0.15) is 0 Å². The van der Waals surface area contributed by atoms with Crippen LogP contribution in [0.15, 0.2) is 30.3 Å². The summed E-state index contributed by atoms with van der Waals surface area (Å²) >= 11 is 0. The maximum atomic E-state index is 12.2. The molecule has 150 valence electrons. The average Bonchev–Trinajstić information content (AvgIpc) is 3.19. The molecule has 2 amide bonds. The van der Waals surface area contributed by atoms with Crippen molar-refractivity contribution in [3.05, 3.63) is 41.5 Å². The van der Waals surface area contributed by atoms with Crippen LogP contribution in [0.4, 0.5) is 10.5 Å². The molecule has 2 aromatic rings. The number of fused-ring (bicyclic) bond motifs is 1. The number of aliphatic hydroxyl groups is 1. The lowest BCUT2D eigenvalue weighted by Crippen LogP contribution is -2.32. The van der Waals surface area contributed by atoms with Crippen LogP contribution in [0.3, 0.4) is 0 Å². The van der Waals surface area contributed by atoms with Crippen molar-refractivity contribution >= 4 is 11.7 Å². The smallest absolute Gasteiger partial charge is 0.319 e. The van der Waals surface area contributed by atoms with E-state index in [0.717, 1.165) is 23.3 Å². The van der Waals surface area contributed by atoms with Crippen molar-refractivity contribution in [3.63, 3.8) is 0 Å². The number of benzene rings is 2. The summed E-state index contributed by atoms with van der Waals surface area (Å²) in [5, 5.41) is 15.7. The second-order valence-corrected chi connectivity index (χ2v) is 6.23. The first kappa shape index (κ1) is 19.6. The van der Waals surface area contributed by atoms with Gasteiger partial charge < -0.3 is 34.7 Å². The van der Waals surface area contributed by atoms with Crippen molar-refractivity contribution in [1.29, 1.82) is 0 Å². The van der Waals surface area contributed by atoms with Crippen LogP contribution >= 0.6 is 0 Å². The molecular formula is C20H24N2O6. The fraction of sp³-hybridized carbons (Fsp3) is 0.350. The quantitative estimate of drug-likeness (QED) is 0.674. The fourth-order valence-corrected chi connectivity index (χ4v) is 3.05. The number of anilines is 1. The Morgan fingerprint density at radius 2 is 1.86 bits per heavy atom. The lowest BCUT2D eigenvalue weighted by molar-refractivity contribution is 0.175. The second kappa shape index (κ2) is 8.71. The van der Waals surface area contributed by atoms with Gasteiger partial charge in [0, 0.05) is 25.1 Å². The van der Waals surface area contributed by atoms with E-state index < -0.39 is 12.1 Å². The number of methoxy groups -OCH3 is 3. The molecule has 1 heterocycles. The summed E-state index contributed by atoms with van der Waals surface area (Å²) in [5.74, 6) is 2.14. The topological polar surface area (TPSA) is 98.3 Å². The Kier molecular flexibility index (Phi) is 6.10. The summed E-state index contributed by atoms with van der Waals surface area (Å²) in [7, 11) is 4.50. The maximum absolute atomic E-state index is 12.2. The van der Waals surface area contributed by atoms with Gasteiger partial charge in [-0.15, -0.1) is 0 Å². The third kappa shape index (κ3) is 4.23. The molecule has 0 bridgehead atoms. The maximum Gasteiger partial charge on any atom is 0.319 e. The van der Waals surface area contributed by atoms with Crippen molar-refractivity contribution < 1.29 is 28.8 Å². The van der Waals surface area contributed by atoms with Crippen LogP contribution < -0.4 is 29.6 Å². The lowest BCUT2D eigenvalue weighted by Gasteiger charge is -2.16. The first-order chi connectivity index (χ1) is 13.5. The predicted octanol–water partition coefficient (Wildman–Crippen LogP) is 2.50. The first-order valence-electron chi connectivity index (χ1n) is 8.84. The Labute approximate surface area is 163 Å². The molecule has 3 N–H and O–H groups in total. The Bertz CT molecular complexity index is 830. The highest BCUT2D eigenvalue weighted by Gasteiger charge is 2.17. The zero-order chi connectivity index (χ0) is 20.1.